The fraction of sp³-hybridized carbons (Fsp3) is 0.231. The first-order valence-corrected chi connectivity index (χ1v) is 11.0. The van der Waals surface area contributed by atoms with Crippen LogP contribution in [0.15, 0.2) is 66.7 Å². The molecule has 0 aliphatic carbocycles. The summed E-state index contributed by atoms with van der Waals surface area (Å²) in [7, 11) is 0. The first-order valence-electron chi connectivity index (χ1n) is 10.6. The molecule has 0 aliphatic rings. The van der Waals surface area contributed by atoms with Crippen molar-refractivity contribution in [3.8, 4) is 16.9 Å². The SMILES string of the molecule is CC(C)(C)C(CO)NC(=O)c1ccc2c(-c3ccccc3Cl)nn(-c3ccc(F)cc3)c2c1. The zero-order valence-electron chi connectivity index (χ0n) is 18.6. The standard InChI is InChI=1S/C26H25ClFN3O2/c1-26(2,3)23(15-32)29-25(33)16-8-13-20-22(14-16)31(18-11-9-17(28)10-12-18)30-24(20)19-6-4-5-7-21(19)27/h4-14,23,32H,15H2,1-3H3,(H,29,33). The van der Waals surface area contributed by atoms with Crippen molar-refractivity contribution in [3.63, 3.8) is 0 Å². The van der Waals surface area contributed by atoms with Crippen LogP contribution in [0.2, 0.25) is 5.02 Å². The van der Waals surface area contributed by atoms with E-state index in [9.17, 15) is 14.3 Å². The number of aliphatic hydroxyl groups excluding tert-OH is 1. The Morgan fingerprint density at radius 1 is 1.12 bits per heavy atom. The van der Waals surface area contributed by atoms with Gasteiger partial charge in [-0.2, -0.15) is 5.10 Å². The predicted octanol–water partition coefficient (Wildman–Crippen LogP) is 5.62. The van der Waals surface area contributed by atoms with Crippen molar-refractivity contribution in [1.29, 1.82) is 0 Å². The van der Waals surface area contributed by atoms with Gasteiger partial charge in [-0.15, -0.1) is 0 Å². The van der Waals surface area contributed by atoms with Crippen molar-refractivity contribution in [2.24, 2.45) is 5.41 Å². The molecule has 1 amide bonds. The van der Waals surface area contributed by atoms with E-state index in [0.717, 1.165) is 10.9 Å². The van der Waals surface area contributed by atoms with Crippen LogP contribution in [0.1, 0.15) is 31.1 Å². The number of nitrogens with zero attached hydrogens (tertiary/aromatic N) is 2. The number of carbonyl (C=O) groups excluding carboxylic acids is 1. The fourth-order valence-electron chi connectivity index (χ4n) is 3.67. The Morgan fingerprint density at radius 3 is 2.45 bits per heavy atom. The number of aromatic nitrogens is 2. The molecule has 1 heterocycles. The van der Waals surface area contributed by atoms with Crippen molar-refractivity contribution in [3.05, 3.63) is 83.1 Å². The van der Waals surface area contributed by atoms with Crippen LogP contribution in [-0.2, 0) is 0 Å². The molecule has 4 aromatic rings. The van der Waals surface area contributed by atoms with Gasteiger partial charge in [-0.1, -0.05) is 50.6 Å². The molecule has 1 aromatic heterocycles. The van der Waals surface area contributed by atoms with E-state index in [2.05, 4.69) is 5.32 Å². The normalized spacial score (nSPS) is 12.7. The van der Waals surface area contributed by atoms with E-state index >= 15 is 0 Å². The van der Waals surface area contributed by atoms with Crippen molar-refractivity contribution >= 4 is 28.4 Å². The Morgan fingerprint density at radius 2 is 1.82 bits per heavy atom. The molecule has 0 aliphatic heterocycles. The number of nitrogens with one attached hydrogen (secondary N) is 1. The van der Waals surface area contributed by atoms with Gasteiger partial charge in [0.25, 0.3) is 5.91 Å². The number of benzene rings is 3. The number of carbonyl (C=O) groups is 1. The molecule has 170 valence electrons. The summed E-state index contributed by atoms with van der Waals surface area (Å²) in [5.74, 6) is -0.643. The zero-order chi connectivity index (χ0) is 23.8. The third kappa shape index (κ3) is 4.63. The molecule has 1 unspecified atom stereocenters. The maximum absolute atomic E-state index is 13.5. The highest BCUT2D eigenvalue weighted by atomic mass is 35.5. The number of hydrogen-bond acceptors (Lipinski definition) is 3. The minimum Gasteiger partial charge on any atom is -0.394 e. The van der Waals surface area contributed by atoms with E-state index in [1.165, 1.54) is 12.1 Å². The lowest BCUT2D eigenvalue weighted by molar-refractivity contribution is 0.0848. The molecular weight excluding hydrogens is 441 g/mol. The van der Waals surface area contributed by atoms with Crippen molar-refractivity contribution in [1.82, 2.24) is 15.1 Å². The maximum Gasteiger partial charge on any atom is 0.251 e. The zero-order valence-corrected chi connectivity index (χ0v) is 19.4. The van der Waals surface area contributed by atoms with Gasteiger partial charge in [-0.05, 0) is 53.9 Å². The second-order valence-corrected chi connectivity index (χ2v) is 9.43. The Bertz CT molecular complexity index is 1310. The quantitative estimate of drug-likeness (QED) is 0.402. The summed E-state index contributed by atoms with van der Waals surface area (Å²) in [5.41, 5.74) is 2.88. The van der Waals surface area contributed by atoms with Crippen molar-refractivity contribution < 1.29 is 14.3 Å². The van der Waals surface area contributed by atoms with Gasteiger partial charge in [0.2, 0.25) is 0 Å². The Kier molecular flexibility index (Phi) is 6.23. The van der Waals surface area contributed by atoms with E-state index < -0.39 is 6.04 Å². The van der Waals surface area contributed by atoms with E-state index in [-0.39, 0.29) is 23.7 Å². The fourth-order valence-corrected chi connectivity index (χ4v) is 3.89. The molecule has 0 saturated heterocycles. The largest absolute Gasteiger partial charge is 0.394 e. The van der Waals surface area contributed by atoms with E-state index in [1.54, 1.807) is 35.0 Å². The van der Waals surface area contributed by atoms with E-state index in [0.29, 0.717) is 27.5 Å². The topological polar surface area (TPSA) is 67.2 Å². The summed E-state index contributed by atoms with van der Waals surface area (Å²) in [6.45, 7) is 5.70. The third-order valence-corrected chi connectivity index (χ3v) is 6.01. The number of fused-ring (bicyclic) bond motifs is 1. The molecule has 7 heteroatoms. The Labute approximate surface area is 196 Å². The highest BCUT2D eigenvalue weighted by Crippen LogP contribution is 2.34. The minimum absolute atomic E-state index is 0.165. The molecule has 0 spiro atoms. The van der Waals surface area contributed by atoms with Gasteiger partial charge in [-0.3, -0.25) is 4.79 Å². The number of amides is 1. The minimum atomic E-state index is -0.401. The lowest BCUT2D eigenvalue weighted by Crippen LogP contribution is -2.46. The molecule has 0 saturated carbocycles. The molecule has 5 nitrogen and oxygen atoms in total. The Hall–Kier alpha value is -3.22. The maximum atomic E-state index is 13.5. The van der Waals surface area contributed by atoms with Gasteiger partial charge in [0.1, 0.15) is 11.5 Å². The average molecular weight is 466 g/mol. The van der Waals surface area contributed by atoms with Gasteiger partial charge in [0, 0.05) is 16.5 Å². The first-order chi connectivity index (χ1) is 15.7. The summed E-state index contributed by atoms with van der Waals surface area (Å²) in [6.07, 6.45) is 0. The highest BCUT2D eigenvalue weighted by molar-refractivity contribution is 6.33. The first kappa shape index (κ1) is 23.0. The molecule has 3 aromatic carbocycles. The number of hydrogen-bond donors (Lipinski definition) is 2. The molecule has 2 N–H and O–H groups in total. The highest BCUT2D eigenvalue weighted by Gasteiger charge is 2.26. The molecule has 0 radical (unpaired) electrons. The van der Waals surface area contributed by atoms with Crippen LogP contribution in [0, 0.1) is 11.2 Å². The summed E-state index contributed by atoms with van der Waals surface area (Å²) in [5, 5.41) is 18.8. The number of aliphatic hydroxyl groups is 1. The van der Waals surface area contributed by atoms with Crippen LogP contribution in [0.25, 0.3) is 27.8 Å². The van der Waals surface area contributed by atoms with Crippen LogP contribution in [0.4, 0.5) is 4.39 Å². The molecule has 1 atom stereocenters. The summed E-state index contributed by atoms with van der Waals surface area (Å²) in [6, 6.07) is 18.3. The van der Waals surface area contributed by atoms with E-state index in [4.69, 9.17) is 16.7 Å². The molecule has 4 rings (SSSR count). The monoisotopic (exact) mass is 465 g/mol. The summed E-state index contributed by atoms with van der Waals surface area (Å²) in [4.78, 5) is 13.0. The number of rotatable bonds is 5. The Balaban J connectivity index is 1.86. The van der Waals surface area contributed by atoms with Gasteiger partial charge >= 0.3 is 0 Å². The predicted molar refractivity (Wildman–Crippen MR) is 129 cm³/mol. The molecule has 0 bridgehead atoms. The van der Waals surface area contributed by atoms with Crippen molar-refractivity contribution in [2.75, 3.05) is 6.61 Å². The van der Waals surface area contributed by atoms with Crippen LogP contribution in [-0.4, -0.2) is 33.4 Å². The second-order valence-electron chi connectivity index (χ2n) is 9.02. The smallest absolute Gasteiger partial charge is 0.251 e. The number of halogens is 2. The van der Waals surface area contributed by atoms with E-state index in [1.807, 2.05) is 45.0 Å². The molecular formula is C26H25ClFN3O2. The third-order valence-electron chi connectivity index (χ3n) is 5.68. The lowest BCUT2D eigenvalue weighted by Gasteiger charge is -2.29. The average Bonchev–Trinajstić information content (AvgIpc) is 3.16. The van der Waals surface area contributed by atoms with Gasteiger partial charge in [-0.25, -0.2) is 9.07 Å². The summed E-state index contributed by atoms with van der Waals surface area (Å²) >= 11 is 6.45. The van der Waals surface area contributed by atoms with Gasteiger partial charge < -0.3 is 10.4 Å². The van der Waals surface area contributed by atoms with Gasteiger partial charge in [0.05, 0.1) is 28.9 Å². The second kappa shape index (κ2) is 8.96. The molecule has 33 heavy (non-hydrogen) atoms. The van der Waals surface area contributed by atoms with Gasteiger partial charge in [0.15, 0.2) is 0 Å². The molecule has 0 fully saturated rings. The van der Waals surface area contributed by atoms with Crippen LogP contribution < -0.4 is 5.32 Å². The lowest BCUT2D eigenvalue weighted by atomic mass is 9.87. The summed E-state index contributed by atoms with van der Waals surface area (Å²) < 4.78 is 15.2. The van der Waals surface area contributed by atoms with Crippen LogP contribution in [0.3, 0.4) is 0 Å². The van der Waals surface area contributed by atoms with Crippen LogP contribution >= 0.6 is 11.6 Å². The van der Waals surface area contributed by atoms with Crippen molar-refractivity contribution in [2.45, 2.75) is 26.8 Å². The van der Waals surface area contributed by atoms with Crippen LogP contribution in [0.5, 0.6) is 0 Å².